The van der Waals surface area contributed by atoms with Crippen molar-refractivity contribution in [1.82, 2.24) is 9.88 Å². The molecule has 7 heteroatoms. The van der Waals surface area contributed by atoms with E-state index in [0.29, 0.717) is 5.13 Å². The molecule has 2 aromatic rings. The van der Waals surface area contributed by atoms with Gasteiger partial charge in [0.15, 0.2) is 5.13 Å². The van der Waals surface area contributed by atoms with E-state index in [2.05, 4.69) is 22.4 Å². The van der Waals surface area contributed by atoms with Crippen LogP contribution in [0.4, 0.5) is 5.13 Å². The molecule has 1 saturated carbocycles. The van der Waals surface area contributed by atoms with E-state index >= 15 is 0 Å². The second-order valence-corrected chi connectivity index (χ2v) is 10.2. The molecule has 3 amide bonds. The van der Waals surface area contributed by atoms with Gasteiger partial charge in [-0.05, 0) is 49.3 Å². The number of hydrogen-bond donors (Lipinski definition) is 1. The van der Waals surface area contributed by atoms with Gasteiger partial charge in [0.1, 0.15) is 0 Å². The van der Waals surface area contributed by atoms with Crippen LogP contribution in [0.25, 0.3) is 10.2 Å². The number of piperidine rings is 1. The van der Waals surface area contributed by atoms with E-state index in [1.54, 1.807) is 0 Å². The lowest BCUT2D eigenvalue weighted by atomic mass is 9.62. The van der Waals surface area contributed by atoms with Crippen molar-refractivity contribution in [2.45, 2.75) is 53.9 Å². The van der Waals surface area contributed by atoms with Gasteiger partial charge in [-0.2, -0.15) is 0 Å². The van der Waals surface area contributed by atoms with Crippen molar-refractivity contribution in [3.63, 3.8) is 0 Å². The number of imide groups is 1. The number of nitrogens with one attached hydrogen (secondary N) is 1. The molecular weight excluding hydrogens is 386 g/mol. The number of amides is 3. The van der Waals surface area contributed by atoms with Gasteiger partial charge < -0.3 is 5.32 Å². The summed E-state index contributed by atoms with van der Waals surface area (Å²) in [5.41, 5.74) is 2.25. The molecule has 1 aromatic heterocycles. The molecule has 154 valence electrons. The van der Waals surface area contributed by atoms with Gasteiger partial charge in [0.25, 0.3) is 0 Å². The molecule has 2 fully saturated rings. The standard InChI is InChI=1S/C22H27N3O3S/c1-12-10-13(2)17-15(11-12)29-20(24-17)23-16(26)7-9-25-18(27)14-6-8-22(5,19(25)28)21(14,3)4/h10-11,14H,6-9H2,1-5H3,(H,23,24,26). The molecule has 1 N–H and O–H groups in total. The number of anilines is 1. The zero-order valence-corrected chi connectivity index (χ0v) is 18.4. The van der Waals surface area contributed by atoms with Crippen molar-refractivity contribution in [3.8, 4) is 0 Å². The Morgan fingerprint density at radius 2 is 2.00 bits per heavy atom. The van der Waals surface area contributed by atoms with E-state index < -0.39 is 5.41 Å². The normalized spacial score (nSPS) is 25.7. The van der Waals surface area contributed by atoms with Gasteiger partial charge in [-0.15, -0.1) is 0 Å². The molecule has 1 aliphatic carbocycles. The summed E-state index contributed by atoms with van der Waals surface area (Å²) in [4.78, 5) is 44.2. The van der Waals surface area contributed by atoms with Crippen LogP contribution in [-0.2, 0) is 14.4 Å². The highest BCUT2D eigenvalue weighted by atomic mass is 32.1. The average molecular weight is 414 g/mol. The highest BCUT2D eigenvalue weighted by Crippen LogP contribution is 2.60. The monoisotopic (exact) mass is 413 g/mol. The van der Waals surface area contributed by atoms with Gasteiger partial charge in [0.2, 0.25) is 17.7 Å². The summed E-state index contributed by atoms with van der Waals surface area (Å²) in [5, 5.41) is 3.37. The molecule has 2 unspecified atom stereocenters. The van der Waals surface area contributed by atoms with Crippen molar-refractivity contribution in [2.24, 2.45) is 16.7 Å². The molecule has 4 rings (SSSR count). The molecule has 2 bridgehead atoms. The molecule has 6 nitrogen and oxygen atoms in total. The third kappa shape index (κ3) is 2.98. The summed E-state index contributed by atoms with van der Waals surface area (Å²) in [6, 6.07) is 4.12. The fraction of sp³-hybridized carbons (Fsp3) is 0.545. The number of carbonyl (C=O) groups is 3. The molecular formula is C22H27N3O3S. The van der Waals surface area contributed by atoms with Gasteiger partial charge in [-0.3, -0.25) is 19.3 Å². The third-order valence-corrected chi connectivity index (χ3v) is 8.06. The van der Waals surface area contributed by atoms with Crippen LogP contribution in [0.2, 0.25) is 0 Å². The Morgan fingerprint density at radius 3 is 2.72 bits per heavy atom. The molecule has 2 atom stereocenters. The number of hydrogen-bond acceptors (Lipinski definition) is 5. The maximum absolute atomic E-state index is 13.1. The smallest absolute Gasteiger partial charge is 0.235 e. The number of carbonyl (C=O) groups excluding carboxylic acids is 3. The summed E-state index contributed by atoms with van der Waals surface area (Å²) >= 11 is 1.44. The highest BCUT2D eigenvalue weighted by molar-refractivity contribution is 7.22. The minimum atomic E-state index is -0.537. The summed E-state index contributed by atoms with van der Waals surface area (Å²) in [6.45, 7) is 10.1. The zero-order valence-electron chi connectivity index (χ0n) is 17.6. The summed E-state index contributed by atoms with van der Waals surface area (Å²) in [5.74, 6) is -0.654. The Balaban J connectivity index is 1.45. The lowest BCUT2D eigenvalue weighted by molar-refractivity contribution is -0.167. The van der Waals surface area contributed by atoms with Gasteiger partial charge >= 0.3 is 0 Å². The summed E-state index contributed by atoms with van der Waals surface area (Å²) in [6.07, 6.45) is 1.54. The first-order valence-electron chi connectivity index (χ1n) is 10.1. The zero-order chi connectivity index (χ0) is 21.1. The number of fused-ring (bicyclic) bond motifs is 3. The van der Waals surface area contributed by atoms with Crippen LogP contribution in [-0.4, -0.2) is 34.2 Å². The van der Waals surface area contributed by atoms with Crippen LogP contribution in [0.15, 0.2) is 12.1 Å². The van der Waals surface area contributed by atoms with Crippen LogP contribution in [0.5, 0.6) is 0 Å². The summed E-state index contributed by atoms with van der Waals surface area (Å²) < 4.78 is 1.03. The molecule has 0 spiro atoms. The first kappa shape index (κ1) is 20.0. The highest BCUT2D eigenvalue weighted by Gasteiger charge is 2.64. The Kier molecular flexibility index (Phi) is 4.57. The molecule has 0 radical (unpaired) electrons. The van der Waals surface area contributed by atoms with E-state index in [1.807, 2.05) is 34.6 Å². The van der Waals surface area contributed by atoms with E-state index in [9.17, 15) is 14.4 Å². The number of thiazole rings is 1. The van der Waals surface area contributed by atoms with Crippen molar-refractivity contribution in [1.29, 1.82) is 0 Å². The van der Waals surface area contributed by atoms with Crippen LogP contribution in [0.1, 0.15) is 51.2 Å². The summed E-state index contributed by atoms with van der Waals surface area (Å²) in [7, 11) is 0. The number of likely N-dealkylation sites (tertiary alicyclic amines) is 1. The first-order chi connectivity index (χ1) is 13.5. The van der Waals surface area contributed by atoms with Gasteiger partial charge in [0.05, 0.1) is 15.6 Å². The largest absolute Gasteiger partial charge is 0.302 e. The second kappa shape index (κ2) is 6.62. The SMILES string of the molecule is Cc1cc(C)c2nc(NC(=O)CCN3C(=O)C4CCC(C)(C3=O)C4(C)C)sc2c1. The molecule has 1 saturated heterocycles. The van der Waals surface area contributed by atoms with Gasteiger partial charge in [0, 0.05) is 18.9 Å². The minimum Gasteiger partial charge on any atom is -0.302 e. The van der Waals surface area contributed by atoms with E-state index in [4.69, 9.17) is 0 Å². The maximum Gasteiger partial charge on any atom is 0.235 e. The lowest BCUT2D eigenvalue weighted by Gasteiger charge is -2.47. The van der Waals surface area contributed by atoms with Crippen LogP contribution >= 0.6 is 11.3 Å². The minimum absolute atomic E-state index is 0.0780. The Hall–Kier alpha value is -2.28. The number of aromatic nitrogens is 1. The molecule has 1 aliphatic heterocycles. The van der Waals surface area contributed by atoms with Crippen LogP contribution < -0.4 is 5.32 Å². The maximum atomic E-state index is 13.1. The van der Waals surface area contributed by atoms with E-state index in [0.717, 1.165) is 34.2 Å². The lowest BCUT2D eigenvalue weighted by Crippen LogP contribution is -2.59. The third-order valence-electron chi connectivity index (χ3n) is 7.15. The Labute approximate surface area is 174 Å². The van der Waals surface area contributed by atoms with Crippen molar-refractivity contribution in [2.75, 3.05) is 11.9 Å². The quantitative estimate of drug-likeness (QED) is 0.767. The topological polar surface area (TPSA) is 79.4 Å². The molecule has 1 aromatic carbocycles. The van der Waals surface area contributed by atoms with Gasteiger partial charge in [-0.1, -0.05) is 38.2 Å². The fourth-order valence-corrected chi connectivity index (χ4v) is 5.99. The van der Waals surface area contributed by atoms with Crippen LogP contribution in [0.3, 0.4) is 0 Å². The predicted octanol–water partition coefficient (Wildman–Crippen LogP) is 4.05. The number of rotatable bonds is 4. The predicted molar refractivity (Wildman–Crippen MR) is 114 cm³/mol. The molecule has 29 heavy (non-hydrogen) atoms. The fourth-order valence-electron chi connectivity index (χ4n) is 4.93. The Bertz CT molecular complexity index is 1040. The van der Waals surface area contributed by atoms with Crippen molar-refractivity contribution in [3.05, 3.63) is 23.3 Å². The van der Waals surface area contributed by atoms with E-state index in [-0.39, 0.29) is 42.0 Å². The number of nitrogens with zero attached hydrogens (tertiary/aromatic N) is 2. The van der Waals surface area contributed by atoms with Crippen molar-refractivity contribution < 1.29 is 14.4 Å². The average Bonchev–Trinajstić information content (AvgIpc) is 3.10. The number of benzene rings is 1. The first-order valence-corrected chi connectivity index (χ1v) is 10.9. The number of aryl methyl sites for hydroxylation is 2. The molecule has 2 aliphatic rings. The van der Waals surface area contributed by atoms with Gasteiger partial charge in [-0.25, -0.2) is 4.98 Å². The molecule has 2 heterocycles. The second-order valence-electron chi connectivity index (χ2n) is 9.19. The Morgan fingerprint density at radius 1 is 1.28 bits per heavy atom. The van der Waals surface area contributed by atoms with Crippen molar-refractivity contribution >= 4 is 44.4 Å². The van der Waals surface area contributed by atoms with Crippen LogP contribution in [0, 0.1) is 30.6 Å². The van der Waals surface area contributed by atoms with E-state index in [1.165, 1.54) is 16.2 Å².